The first-order valence-corrected chi connectivity index (χ1v) is 7.99. The van der Waals surface area contributed by atoms with Gasteiger partial charge in [0.2, 0.25) is 5.95 Å². The second-order valence-electron chi connectivity index (χ2n) is 5.92. The van der Waals surface area contributed by atoms with Crippen molar-refractivity contribution in [1.29, 1.82) is 0 Å². The summed E-state index contributed by atoms with van der Waals surface area (Å²) < 4.78 is 9.40. The summed E-state index contributed by atoms with van der Waals surface area (Å²) in [7, 11) is 1.92. The summed E-state index contributed by atoms with van der Waals surface area (Å²) >= 11 is 0. The summed E-state index contributed by atoms with van der Waals surface area (Å²) in [6.45, 7) is 1.50. The summed E-state index contributed by atoms with van der Waals surface area (Å²) in [5, 5.41) is 19.5. The normalized spacial score (nSPS) is 20.4. The molecule has 1 aliphatic heterocycles. The fourth-order valence-corrected chi connectivity index (χ4v) is 3.06. The van der Waals surface area contributed by atoms with Gasteiger partial charge in [0.05, 0.1) is 18.0 Å². The quantitative estimate of drug-likeness (QED) is 0.767. The van der Waals surface area contributed by atoms with E-state index in [2.05, 4.69) is 25.9 Å². The second-order valence-corrected chi connectivity index (χ2v) is 5.92. The van der Waals surface area contributed by atoms with Crippen molar-refractivity contribution >= 4 is 5.95 Å². The van der Waals surface area contributed by atoms with Crippen LogP contribution in [0.4, 0.5) is 5.95 Å². The Labute approximate surface area is 139 Å². The second kappa shape index (κ2) is 6.40. The monoisotopic (exact) mass is 325 g/mol. The number of hydrogen-bond acceptors (Lipinski definition) is 6. The highest BCUT2D eigenvalue weighted by Crippen LogP contribution is 2.34. The molecule has 3 heterocycles. The van der Waals surface area contributed by atoms with E-state index in [1.807, 2.05) is 49.8 Å². The van der Waals surface area contributed by atoms with E-state index in [1.54, 1.807) is 9.36 Å². The fourth-order valence-electron chi connectivity index (χ4n) is 3.06. The molecule has 1 fully saturated rings. The van der Waals surface area contributed by atoms with Crippen molar-refractivity contribution in [3.8, 4) is 5.69 Å². The Hall–Kier alpha value is -2.74. The first-order chi connectivity index (χ1) is 11.8. The number of hydrogen-bond donors (Lipinski definition) is 1. The Bertz CT molecular complexity index is 798. The number of ether oxygens (including phenoxy) is 1. The number of anilines is 1. The van der Waals surface area contributed by atoms with Gasteiger partial charge in [0, 0.05) is 37.9 Å². The third kappa shape index (κ3) is 2.88. The molecule has 0 bridgehead atoms. The fraction of sp³-hybridized carbons (Fsp3) is 0.375. The SMILES string of the molecule is Cn1cc([C@@H]2OCC[C@H]2CNc2nnnn2-c2ccccc2)cn1. The van der Waals surface area contributed by atoms with Gasteiger partial charge in [0.15, 0.2) is 0 Å². The van der Waals surface area contributed by atoms with Gasteiger partial charge in [0.1, 0.15) is 0 Å². The van der Waals surface area contributed by atoms with Crippen molar-refractivity contribution < 1.29 is 4.74 Å². The maximum atomic E-state index is 5.90. The van der Waals surface area contributed by atoms with Gasteiger partial charge in [0.25, 0.3) is 0 Å². The minimum Gasteiger partial charge on any atom is -0.373 e. The highest BCUT2D eigenvalue weighted by molar-refractivity contribution is 5.38. The first kappa shape index (κ1) is 14.8. The van der Waals surface area contributed by atoms with Crippen LogP contribution < -0.4 is 5.32 Å². The predicted octanol–water partition coefficient (Wildman–Crippen LogP) is 1.59. The van der Waals surface area contributed by atoms with Gasteiger partial charge >= 0.3 is 0 Å². The van der Waals surface area contributed by atoms with Crippen LogP contribution in [0.2, 0.25) is 0 Å². The van der Waals surface area contributed by atoms with Gasteiger partial charge in [-0.1, -0.05) is 23.3 Å². The lowest BCUT2D eigenvalue weighted by atomic mass is 9.97. The molecule has 1 aliphatic rings. The summed E-state index contributed by atoms with van der Waals surface area (Å²) in [6.07, 6.45) is 4.94. The lowest BCUT2D eigenvalue weighted by Gasteiger charge is -2.17. The molecular weight excluding hydrogens is 306 g/mol. The van der Waals surface area contributed by atoms with Crippen LogP contribution in [0.5, 0.6) is 0 Å². The minimum absolute atomic E-state index is 0.0623. The van der Waals surface area contributed by atoms with E-state index < -0.39 is 0 Å². The lowest BCUT2D eigenvalue weighted by Crippen LogP contribution is -2.19. The zero-order valence-corrected chi connectivity index (χ0v) is 13.4. The average Bonchev–Trinajstić information content (AvgIpc) is 3.33. The van der Waals surface area contributed by atoms with Crippen molar-refractivity contribution in [2.24, 2.45) is 13.0 Å². The van der Waals surface area contributed by atoms with E-state index in [-0.39, 0.29) is 6.10 Å². The molecule has 8 heteroatoms. The third-order valence-electron chi connectivity index (χ3n) is 4.26. The largest absolute Gasteiger partial charge is 0.373 e. The van der Waals surface area contributed by atoms with Crippen LogP contribution in [0.15, 0.2) is 42.7 Å². The molecular formula is C16H19N7O. The van der Waals surface area contributed by atoms with Crippen molar-refractivity contribution in [3.05, 3.63) is 48.3 Å². The molecule has 0 spiro atoms. The molecule has 1 N–H and O–H groups in total. The molecule has 8 nitrogen and oxygen atoms in total. The van der Waals surface area contributed by atoms with E-state index in [9.17, 15) is 0 Å². The molecule has 4 rings (SSSR count). The van der Waals surface area contributed by atoms with Crippen LogP contribution in [-0.4, -0.2) is 43.1 Å². The van der Waals surface area contributed by atoms with E-state index in [0.717, 1.165) is 30.8 Å². The van der Waals surface area contributed by atoms with Crippen molar-refractivity contribution in [1.82, 2.24) is 30.0 Å². The topological polar surface area (TPSA) is 82.7 Å². The molecule has 0 amide bonds. The predicted molar refractivity (Wildman–Crippen MR) is 87.7 cm³/mol. The van der Waals surface area contributed by atoms with Crippen molar-refractivity contribution in [2.75, 3.05) is 18.5 Å². The van der Waals surface area contributed by atoms with E-state index in [0.29, 0.717) is 11.9 Å². The number of aryl methyl sites for hydroxylation is 1. The number of aromatic nitrogens is 6. The number of benzene rings is 1. The maximum absolute atomic E-state index is 5.90. The summed E-state index contributed by atoms with van der Waals surface area (Å²) in [6, 6.07) is 9.83. The van der Waals surface area contributed by atoms with Crippen LogP contribution in [-0.2, 0) is 11.8 Å². The van der Waals surface area contributed by atoms with Crippen LogP contribution in [0, 0.1) is 5.92 Å². The Morgan fingerprint density at radius 2 is 2.17 bits per heavy atom. The zero-order chi connectivity index (χ0) is 16.4. The highest BCUT2D eigenvalue weighted by atomic mass is 16.5. The van der Waals surface area contributed by atoms with E-state index in [4.69, 9.17) is 4.74 Å². The van der Waals surface area contributed by atoms with Crippen molar-refractivity contribution in [3.63, 3.8) is 0 Å². The van der Waals surface area contributed by atoms with E-state index >= 15 is 0 Å². The number of tetrazole rings is 1. The van der Waals surface area contributed by atoms with Gasteiger partial charge in [-0.25, -0.2) is 0 Å². The van der Waals surface area contributed by atoms with Gasteiger partial charge in [-0.3, -0.25) is 4.68 Å². The molecule has 124 valence electrons. The third-order valence-corrected chi connectivity index (χ3v) is 4.26. The summed E-state index contributed by atoms with van der Waals surface area (Å²) in [5.41, 5.74) is 2.04. The number of para-hydroxylation sites is 1. The number of rotatable bonds is 5. The molecule has 1 saturated heterocycles. The zero-order valence-electron chi connectivity index (χ0n) is 13.4. The Morgan fingerprint density at radius 3 is 2.96 bits per heavy atom. The maximum Gasteiger partial charge on any atom is 0.247 e. The van der Waals surface area contributed by atoms with Crippen molar-refractivity contribution in [2.45, 2.75) is 12.5 Å². The van der Waals surface area contributed by atoms with Gasteiger partial charge in [-0.2, -0.15) is 9.78 Å². The van der Waals surface area contributed by atoms with Crippen LogP contribution >= 0.6 is 0 Å². The highest BCUT2D eigenvalue weighted by Gasteiger charge is 2.30. The van der Waals surface area contributed by atoms with Crippen LogP contribution in [0.1, 0.15) is 18.1 Å². The smallest absolute Gasteiger partial charge is 0.247 e. The molecule has 2 atom stereocenters. The molecule has 0 aliphatic carbocycles. The molecule has 0 radical (unpaired) electrons. The summed E-state index contributed by atoms with van der Waals surface area (Å²) in [4.78, 5) is 0. The molecule has 0 unspecified atom stereocenters. The standard InChI is InChI=1S/C16H19N7O/c1-22-11-13(10-18-22)15-12(7-8-24-15)9-17-16-19-20-21-23(16)14-5-3-2-4-6-14/h2-6,10-12,15H,7-9H2,1H3,(H,17,19,21)/t12-,15+/m0/s1. The van der Waals surface area contributed by atoms with Crippen LogP contribution in [0.25, 0.3) is 5.69 Å². The number of nitrogens with one attached hydrogen (secondary N) is 1. The first-order valence-electron chi connectivity index (χ1n) is 7.99. The Balaban J connectivity index is 1.47. The molecule has 1 aromatic carbocycles. The summed E-state index contributed by atoms with van der Waals surface area (Å²) in [5.74, 6) is 0.994. The Morgan fingerprint density at radius 1 is 1.29 bits per heavy atom. The minimum atomic E-state index is 0.0623. The van der Waals surface area contributed by atoms with Gasteiger partial charge < -0.3 is 10.1 Å². The van der Waals surface area contributed by atoms with Gasteiger partial charge in [-0.05, 0) is 29.0 Å². The molecule has 3 aromatic rings. The molecule has 24 heavy (non-hydrogen) atoms. The van der Waals surface area contributed by atoms with E-state index in [1.165, 1.54) is 0 Å². The lowest BCUT2D eigenvalue weighted by molar-refractivity contribution is 0.0932. The Kier molecular flexibility index (Phi) is 3.96. The van der Waals surface area contributed by atoms with Gasteiger partial charge in [-0.15, -0.1) is 0 Å². The van der Waals surface area contributed by atoms with Crippen LogP contribution in [0.3, 0.4) is 0 Å². The number of nitrogens with zero attached hydrogens (tertiary/aromatic N) is 6. The average molecular weight is 325 g/mol. The molecule has 2 aromatic heterocycles. The molecule has 0 saturated carbocycles.